The number of amides is 1. The third kappa shape index (κ3) is 3.04. The van der Waals surface area contributed by atoms with E-state index in [4.69, 9.17) is 9.47 Å². The second kappa shape index (κ2) is 6.72. The van der Waals surface area contributed by atoms with Crippen molar-refractivity contribution in [3.63, 3.8) is 0 Å². The maximum absolute atomic E-state index is 12.2. The molecule has 2 N–H and O–H groups in total. The van der Waals surface area contributed by atoms with E-state index in [1.54, 1.807) is 18.2 Å². The Morgan fingerprint density at radius 2 is 2.04 bits per heavy atom. The molecule has 10 heteroatoms. The van der Waals surface area contributed by atoms with Gasteiger partial charge in [0.15, 0.2) is 17.1 Å². The minimum Gasteiger partial charge on any atom is -0.454 e. The number of aromatic nitrogens is 4. The number of benzene rings is 1. The Morgan fingerprint density at radius 1 is 1.25 bits per heavy atom. The van der Waals surface area contributed by atoms with Crippen molar-refractivity contribution in [1.82, 2.24) is 24.4 Å². The van der Waals surface area contributed by atoms with Crippen molar-refractivity contribution >= 4 is 23.1 Å². The molecular weight excluding hydrogens is 366 g/mol. The van der Waals surface area contributed by atoms with Crippen LogP contribution in [0.15, 0.2) is 33.9 Å². The topological polar surface area (TPSA) is 120 Å². The van der Waals surface area contributed by atoms with Gasteiger partial charge < -0.3 is 19.8 Å². The molecular formula is C18H17N5O5. The third-order valence-electron chi connectivity index (χ3n) is 4.40. The zero-order chi connectivity index (χ0) is 19.8. The molecule has 2 aromatic heterocycles. The van der Waals surface area contributed by atoms with Gasteiger partial charge in [0.25, 0.3) is 5.56 Å². The molecule has 1 aliphatic rings. The standard InChI is InChI=1S/C18H17N5O5/c1-22-16-15(17(25)23(2)18(22)26)20-13(21-16)8-19-14(24)6-4-10-3-5-11-12(7-10)28-9-27-11/h3-7H,8-9H2,1-2H3,(H,19,24)(H,20,21)/b6-4+. The number of carbonyl (C=O) groups excluding carboxylic acids is 1. The van der Waals surface area contributed by atoms with Crippen LogP contribution in [-0.4, -0.2) is 31.8 Å². The van der Waals surface area contributed by atoms with E-state index in [1.807, 2.05) is 6.07 Å². The molecule has 3 heterocycles. The van der Waals surface area contributed by atoms with Gasteiger partial charge in [-0.3, -0.25) is 18.7 Å². The first kappa shape index (κ1) is 17.6. The molecule has 0 radical (unpaired) electrons. The van der Waals surface area contributed by atoms with Gasteiger partial charge in [-0.25, -0.2) is 9.78 Å². The van der Waals surface area contributed by atoms with E-state index >= 15 is 0 Å². The van der Waals surface area contributed by atoms with Gasteiger partial charge in [0.2, 0.25) is 12.7 Å². The number of nitrogens with one attached hydrogen (secondary N) is 2. The van der Waals surface area contributed by atoms with Crippen molar-refractivity contribution in [2.75, 3.05) is 6.79 Å². The van der Waals surface area contributed by atoms with Gasteiger partial charge >= 0.3 is 5.69 Å². The molecule has 4 rings (SSSR count). The van der Waals surface area contributed by atoms with Crippen LogP contribution in [0.3, 0.4) is 0 Å². The van der Waals surface area contributed by atoms with Gasteiger partial charge in [-0.15, -0.1) is 0 Å². The fourth-order valence-electron chi connectivity index (χ4n) is 2.88. The lowest BCUT2D eigenvalue weighted by atomic mass is 10.2. The summed E-state index contributed by atoms with van der Waals surface area (Å²) < 4.78 is 12.8. The number of rotatable bonds is 4. The number of aryl methyl sites for hydroxylation is 1. The van der Waals surface area contributed by atoms with E-state index < -0.39 is 11.2 Å². The minimum atomic E-state index is -0.467. The largest absolute Gasteiger partial charge is 0.454 e. The number of fused-ring (bicyclic) bond motifs is 2. The Bertz CT molecular complexity index is 1230. The van der Waals surface area contributed by atoms with Crippen LogP contribution in [0, 0.1) is 0 Å². The second-order valence-corrected chi connectivity index (χ2v) is 6.25. The lowest BCUT2D eigenvalue weighted by molar-refractivity contribution is -0.116. The summed E-state index contributed by atoms with van der Waals surface area (Å²) in [5, 5.41) is 2.68. The van der Waals surface area contributed by atoms with Gasteiger partial charge in [0, 0.05) is 20.2 Å². The quantitative estimate of drug-likeness (QED) is 0.613. The van der Waals surface area contributed by atoms with Crippen LogP contribution < -0.4 is 26.0 Å². The van der Waals surface area contributed by atoms with Crippen molar-refractivity contribution in [1.29, 1.82) is 0 Å². The summed E-state index contributed by atoms with van der Waals surface area (Å²) >= 11 is 0. The highest BCUT2D eigenvalue weighted by molar-refractivity contribution is 5.91. The summed E-state index contributed by atoms with van der Waals surface area (Å²) in [6.07, 6.45) is 3.03. The van der Waals surface area contributed by atoms with E-state index in [0.29, 0.717) is 17.3 Å². The van der Waals surface area contributed by atoms with Gasteiger partial charge in [-0.1, -0.05) is 6.07 Å². The fourth-order valence-corrected chi connectivity index (χ4v) is 2.88. The zero-order valence-electron chi connectivity index (χ0n) is 15.2. The normalized spacial score (nSPS) is 12.8. The Balaban J connectivity index is 1.46. The predicted molar refractivity (Wildman–Crippen MR) is 100 cm³/mol. The number of hydrogen-bond acceptors (Lipinski definition) is 6. The number of nitrogens with zero attached hydrogens (tertiary/aromatic N) is 3. The lowest BCUT2D eigenvalue weighted by Crippen LogP contribution is -2.36. The van der Waals surface area contributed by atoms with Crippen LogP contribution in [0.2, 0.25) is 0 Å². The summed E-state index contributed by atoms with van der Waals surface area (Å²) in [7, 11) is 2.93. The van der Waals surface area contributed by atoms with Crippen LogP contribution in [0.1, 0.15) is 11.4 Å². The SMILES string of the molecule is Cn1c(=O)c2[nH]c(CNC(=O)/C=C/c3ccc4c(c3)OCO4)nc2n(C)c1=O. The maximum Gasteiger partial charge on any atom is 0.332 e. The number of aromatic amines is 1. The Morgan fingerprint density at radius 3 is 2.86 bits per heavy atom. The summed E-state index contributed by atoms with van der Waals surface area (Å²) in [4.78, 5) is 43.2. The molecule has 3 aromatic rings. The number of carbonyl (C=O) groups is 1. The Kier molecular flexibility index (Phi) is 4.22. The first-order chi connectivity index (χ1) is 13.4. The molecule has 0 unspecified atom stereocenters. The van der Waals surface area contributed by atoms with Crippen LogP contribution in [0.5, 0.6) is 11.5 Å². The molecule has 0 saturated heterocycles. The molecule has 1 aromatic carbocycles. The molecule has 0 atom stereocenters. The van der Waals surface area contributed by atoms with Gasteiger partial charge in [-0.05, 0) is 23.8 Å². The van der Waals surface area contributed by atoms with Crippen LogP contribution >= 0.6 is 0 Å². The van der Waals surface area contributed by atoms with Crippen molar-refractivity contribution in [3.05, 3.63) is 56.5 Å². The van der Waals surface area contributed by atoms with Crippen molar-refractivity contribution in [2.24, 2.45) is 14.1 Å². The summed E-state index contributed by atoms with van der Waals surface area (Å²) in [5.41, 5.74) is 0.316. The van der Waals surface area contributed by atoms with Crippen LogP contribution in [0.25, 0.3) is 17.2 Å². The first-order valence-corrected chi connectivity index (χ1v) is 8.44. The average molecular weight is 383 g/mol. The third-order valence-corrected chi connectivity index (χ3v) is 4.40. The van der Waals surface area contributed by atoms with E-state index in [0.717, 1.165) is 10.1 Å². The summed E-state index contributed by atoms with van der Waals surface area (Å²) in [5.74, 6) is 1.35. The van der Waals surface area contributed by atoms with E-state index in [1.165, 1.54) is 24.7 Å². The van der Waals surface area contributed by atoms with Gasteiger partial charge in [-0.2, -0.15) is 0 Å². The number of ether oxygens (including phenoxy) is 2. The maximum atomic E-state index is 12.2. The number of imidazole rings is 1. The zero-order valence-corrected chi connectivity index (χ0v) is 15.2. The van der Waals surface area contributed by atoms with Gasteiger partial charge in [0.05, 0.1) is 6.54 Å². The molecule has 0 saturated carbocycles. The predicted octanol–water partition coefficient (Wildman–Crippen LogP) is 0.0186. The van der Waals surface area contributed by atoms with Crippen LogP contribution in [0.4, 0.5) is 0 Å². The molecule has 1 amide bonds. The van der Waals surface area contributed by atoms with Crippen molar-refractivity contribution in [3.8, 4) is 11.5 Å². The van der Waals surface area contributed by atoms with E-state index in [9.17, 15) is 14.4 Å². The molecule has 144 valence electrons. The molecule has 1 aliphatic heterocycles. The molecule has 28 heavy (non-hydrogen) atoms. The van der Waals surface area contributed by atoms with E-state index in [-0.39, 0.29) is 30.4 Å². The highest BCUT2D eigenvalue weighted by Crippen LogP contribution is 2.32. The van der Waals surface area contributed by atoms with Crippen molar-refractivity contribution in [2.45, 2.75) is 6.54 Å². The second-order valence-electron chi connectivity index (χ2n) is 6.25. The summed E-state index contributed by atoms with van der Waals surface area (Å²) in [6, 6.07) is 5.37. The van der Waals surface area contributed by atoms with Crippen molar-refractivity contribution < 1.29 is 14.3 Å². The molecule has 10 nitrogen and oxygen atoms in total. The minimum absolute atomic E-state index is 0.0797. The molecule has 0 fully saturated rings. The summed E-state index contributed by atoms with van der Waals surface area (Å²) in [6.45, 7) is 0.269. The Labute approximate surface area is 158 Å². The monoisotopic (exact) mass is 383 g/mol. The molecule has 0 aliphatic carbocycles. The fraction of sp³-hybridized carbons (Fsp3) is 0.222. The molecule has 0 bridgehead atoms. The first-order valence-electron chi connectivity index (χ1n) is 8.44. The smallest absolute Gasteiger partial charge is 0.332 e. The molecule has 0 spiro atoms. The van der Waals surface area contributed by atoms with E-state index in [2.05, 4.69) is 15.3 Å². The highest BCUT2D eigenvalue weighted by Gasteiger charge is 2.14. The van der Waals surface area contributed by atoms with Crippen LogP contribution in [-0.2, 0) is 25.4 Å². The highest BCUT2D eigenvalue weighted by atomic mass is 16.7. The lowest BCUT2D eigenvalue weighted by Gasteiger charge is -2.00. The van der Waals surface area contributed by atoms with Gasteiger partial charge in [0.1, 0.15) is 11.3 Å². The number of hydrogen-bond donors (Lipinski definition) is 2. The Hall–Kier alpha value is -3.82. The average Bonchev–Trinajstić information content (AvgIpc) is 3.34. The number of H-pyrrole nitrogens is 1.